The lowest BCUT2D eigenvalue weighted by atomic mass is 10.2. The van der Waals surface area contributed by atoms with Crippen LogP contribution < -0.4 is 5.73 Å². The van der Waals surface area contributed by atoms with Crippen LogP contribution in [0.3, 0.4) is 0 Å². The van der Waals surface area contributed by atoms with E-state index < -0.39 is 5.97 Å². The van der Waals surface area contributed by atoms with Crippen LogP contribution in [0.5, 0.6) is 5.75 Å². The van der Waals surface area contributed by atoms with E-state index in [2.05, 4.69) is 9.97 Å². The number of aromatic nitrogens is 2. The largest absolute Gasteiger partial charge is 0.508 e. The van der Waals surface area contributed by atoms with Crippen LogP contribution in [0.25, 0.3) is 0 Å². The van der Waals surface area contributed by atoms with Crippen LogP contribution >= 0.6 is 11.8 Å². The number of rotatable bonds is 5. The average Bonchev–Trinajstić information content (AvgIpc) is 2.47. The normalized spacial score (nSPS) is 10.3. The summed E-state index contributed by atoms with van der Waals surface area (Å²) < 4.78 is 4.86. The molecule has 0 atom stereocenters. The zero-order valence-electron chi connectivity index (χ0n) is 11.4. The molecule has 0 spiro atoms. The van der Waals surface area contributed by atoms with Crippen LogP contribution in [0.4, 0.5) is 5.82 Å². The number of phenolic OH excluding ortho intramolecular Hbond substituents is 1. The Morgan fingerprint density at radius 1 is 1.38 bits per heavy atom. The van der Waals surface area contributed by atoms with E-state index in [1.165, 1.54) is 18.0 Å². The van der Waals surface area contributed by atoms with Crippen LogP contribution in [0, 0.1) is 0 Å². The number of carbonyl (C=O) groups is 1. The van der Waals surface area contributed by atoms with Crippen molar-refractivity contribution in [1.29, 1.82) is 0 Å². The Morgan fingerprint density at radius 3 is 2.71 bits per heavy atom. The molecule has 110 valence electrons. The van der Waals surface area contributed by atoms with Gasteiger partial charge in [-0.1, -0.05) is 23.9 Å². The summed E-state index contributed by atoms with van der Waals surface area (Å²) in [5.74, 6) is 0.447. The summed E-state index contributed by atoms with van der Waals surface area (Å²) >= 11 is 1.39. The Labute approximate surface area is 126 Å². The van der Waals surface area contributed by atoms with Gasteiger partial charge in [0.15, 0.2) is 5.16 Å². The van der Waals surface area contributed by atoms with Crippen molar-refractivity contribution >= 4 is 23.5 Å². The molecule has 0 unspecified atom stereocenters. The minimum atomic E-state index is -0.523. The second-order valence-corrected chi connectivity index (χ2v) is 5.07. The number of aromatic hydroxyl groups is 1. The van der Waals surface area contributed by atoms with Gasteiger partial charge >= 0.3 is 5.97 Å². The van der Waals surface area contributed by atoms with Gasteiger partial charge in [-0.2, -0.15) is 0 Å². The maximum absolute atomic E-state index is 11.6. The molecule has 1 heterocycles. The number of hydrogen-bond donors (Lipinski definition) is 2. The molecule has 0 radical (unpaired) electrons. The Bertz CT molecular complexity index is 632. The van der Waals surface area contributed by atoms with Gasteiger partial charge in [-0.25, -0.2) is 14.8 Å². The SMILES string of the molecule is CCOC(=O)c1cnc(SCc2ccc(O)cc2)nc1N. The zero-order chi connectivity index (χ0) is 15.2. The maximum Gasteiger partial charge on any atom is 0.343 e. The maximum atomic E-state index is 11.6. The quantitative estimate of drug-likeness (QED) is 0.496. The monoisotopic (exact) mass is 305 g/mol. The van der Waals surface area contributed by atoms with Gasteiger partial charge in [0, 0.05) is 11.9 Å². The second kappa shape index (κ2) is 6.94. The van der Waals surface area contributed by atoms with Gasteiger partial charge in [0.2, 0.25) is 0 Å². The van der Waals surface area contributed by atoms with Crippen LogP contribution in [-0.2, 0) is 10.5 Å². The zero-order valence-corrected chi connectivity index (χ0v) is 12.3. The minimum Gasteiger partial charge on any atom is -0.508 e. The van der Waals surface area contributed by atoms with Gasteiger partial charge in [0.05, 0.1) is 6.61 Å². The molecule has 1 aromatic heterocycles. The van der Waals surface area contributed by atoms with Crippen LogP contribution in [-0.4, -0.2) is 27.7 Å². The Hall–Kier alpha value is -2.28. The highest BCUT2D eigenvalue weighted by Gasteiger charge is 2.13. The van der Waals surface area contributed by atoms with E-state index in [0.717, 1.165) is 5.56 Å². The number of nitrogen functional groups attached to an aromatic ring is 1. The Balaban J connectivity index is 2.03. The lowest BCUT2D eigenvalue weighted by Gasteiger charge is -2.06. The number of benzene rings is 1. The molecule has 3 N–H and O–H groups in total. The van der Waals surface area contributed by atoms with Crippen LogP contribution in [0.15, 0.2) is 35.6 Å². The summed E-state index contributed by atoms with van der Waals surface area (Å²) in [5.41, 5.74) is 6.94. The number of ether oxygens (including phenoxy) is 1. The van der Waals surface area contributed by atoms with E-state index in [0.29, 0.717) is 10.9 Å². The van der Waals surface area contributed by atoms with Crippen molar-refractivity contribution in [2.75, 3.05) is 12.3 Å². The molecule has 1 aromatic carbocycles. The standard InChI is InChI=1S/C14H15N3O3S/c1-2-20-13(19)11-7-16-14(17-12(11)15)21-8-9-3-5-10(18)6-4-9/h3-7,18H,2,8H2,1H3,(H2,15,16,17). The summed E-state index contributed by atoms with van der Waals surface area (Å²) in [6.45, 7) is 1.99. The molecule has 6 nitrogen and oxygen atoms in total. The van der Waals surface area contributed by atoms with Gasteiger partial charge in [-0.3, -0.25) is 0 Å². The number of nitrogens with zero attached hydrogens (tertiary/aromatic N) is 2. The van der Waals surface area contributed by atoms with E-state index in [9.17, 15) is 9.90 Å². The highest BCUT2D eigenvalue weighted by atomic mass is 32.2. The van der Waals surface area contributed by atoms with E-state index in [-0.39, 0.29) is 23.7 Å². The molecule has 2 aromatic rings. The third-order valence-electron chi connectivity index (χ3n) is 2.60. The Kier molecular flexibility index (Phi) is 4.99. The first-order valence-corrected chi connectivity index (χ1v) is 7.29. The smallest absolute Gasteiger partial charge is 0.343 e. The summed E-state index contributed by atoms with van der Waals surface area (Å²) in [5, 5.41) is 9.69. The van der Waals surface area contributed by atoms with Crippen LogP contribution in [0.2, 0.25) is 0 Å². The van der Waals surface area contributed by atoms with Gasteiger partial charge in [0.1, 0.15) is 17.1 Å². The lowest BCUT2D eigenvalue weighted by molar-refractivity contribution is 0.0526. The predicted octanol–water partition coefficient (Wildman–Crippen LogP) is 2.23. The fraction of sp³-hybridized carbons (Fsp3) is 0.214. The molecule has 0 saturated heterocycles. The minimum absolute atomic E-state index is 0.108. The van der Waals surface area contributed by atoms with Crippen LogP contribution in [0.1, 0.15) is 22.8 Å². The number of thioether (sulfide) groups is 1. The highest BCUT2D eigenvalue weighted by Crippen LogP contribution is 2.22. The molecular weight excluding hydrogens is 290 g/mol. The molecule has 0 amide bonds. The van der Waals surface area contributed by atoms with Crippen molar-refractivity contribution in [2.45, 2.75) is 17.8 Å². The van der Waals surface area contributed by atoms with Crippen molar-refractivity contribution in [1.82, 2.24) is 9.97 Å². The first-order chi connectivity index (χ1) is 10.1. The third kappa shape index (κ3) is 4.09. The number of hydrogen-bond acceptors (Lipinski definition) is 7. The summed E-state index contributed by atoms with van der Waals surface area (Å²) in [7, 11) is 0. The first kappa shape index (κ1) is 15.1. The van der Waals surface area contributed by atoms with E-state index in [1.807, 2.05) is 12.1 Å². The topological polar surface area (TPSA) is 98.3 Å². The number of esters is 1. The number of carbonyl (C=O) groups excluding carboxylic acids is 1. The molecule has 0 fully saturated rings. The molecule has 0 aliphatic heterocycles. The first-order valence-electron chi connectivity index (χ1n) is 6.30. The molecule has 2 rings (SSSR count). The van der Waals surface area contributed by atoms with Crippen molar-refractivity contribution in [2.24, 2.45) is 0 Å². The number of anilines is 1. The van der Waals surface area contributed by atoms with Crippen molar-refractivity contribution in [3.8, 4) is 5.75 Å². The van der Waals surface area contributed by atoms with E-state index >= 15 is 0 Å². The predicted molar refractivity (Wildman–Crippen MR) is 80.1 cm³/mol. The van der Waals surface area contributed by atoms with E-state index in [4.69, 9.17) is 10.5 Å². The van der Waals surface area contributed by atoms with Gasteiger partial charge in [-0.15, -0.1) is 0 Å². The van der Waals surface area contributed by atoms with Crippen molar-refractivity contribution in [3.05, 3.63) is 41.6 Å². The van der Waals surface area contributed by atoms with Gasteiger partial charge in [-0.05, 0) is 24.6 Å². The van der Waals surface area contributed by atoms with Gasteiger partial charge < -0.3 is 15.6 Å². The Morgan fingerprint density at radius 2 is 2.10 bits per heavy atom. The highest BCUT2D eigenvalue weighted by molar-refractivity contribution is 7.98. The molecule has 0 aliphatic rings. The molecular formula is C14H15N3O3S. The summed E-state index contributed by atoms with van der Waals surface area (Å²) in [6, 6.07) is 6.88. The third-order valence-corrected chi connectivity index (χ3v) is 3.53. The fourth-order valence-corrected chi connectivity index (χ4v) is 2.33. The fourth-order valence-electron chi connectivity index (χ4n) is 1.55. The molecule has 0 bridgehead atoms. The second-order valence-electron chi connectivity index (χ2n) is 4.13. The van der Waals surface area contributed by atoms with Crippen molar-refractivity contribution in [3.63, 3.8) is 0 Å². The summed E-state index contributed by atoms with van der Waals surface area (Å²) in [6.07, 6.45) is 1.37. The number of nitrogens with two attached hydrogens (primary N) is 1. The average molecular weight is 305 g/mol. The van der Waals surface area contributed by atoms with E-state index in [1.54, 1.807) is 19.1 Å². The molecule has 21 heavy (non-hydrogen) atoms. The number of phenols is 1. The molecule has 0 aliphatic carbocycles. The summed E-state index contributed by atoms with van der Waals surface area (Å²) in [4.78, 5) is 19.8. The lowest BCUT2D eigenvalue weighted by Crippen LogP contribution is -2.10. The molecule has 7 heteroatoms. The van der Waals surface area contributed by atoms with Gasteiger partial charge in [0.25, 0.3) is 0 Å². The van der Waals surface area contributed by atoms with Crippen molar-refractivity contribution < 1.29 is 14.6 Å². The molecule has 0 saturated carbocycles.